The lowest BCUT2D eigenvalue weighted by molar-refractivity contribution is -0.143. The Labute approximate surface area is 154 Å². The number of hydrogen-bond donors (Lipinski definition) is 0. The maximum atomic E-state index is 12.0. The second-order valence-corrected chi connectivity index (χ2v) is 12.8. The molecule has 2 atom stereocenters. The van der Waals surface area contributed by atoms with Gasteiger partial charge in [-0.1, -0.05) is 63.3 Å². The molecule has 4 heteroatoms. The van der Waals surface area contributed by atoms with Crippen LogP contribution < -0.4 is 0 Å². The first-order valence-corrected chi connectivity index (χ1v) is 12.0. The monoisotopic (exact) mass is 362 g/mol. The summed E-state index contributed by atoms with van der Waals surface area (Å²) in [6.45, 7) is 15.5. The van der Waals surface area contributed by atoms with Crippen molar-refractivity contribution < 1.29 is 14.0 Å². The molecule has 0 fully saturated rings. The highest BCUT2D eigenvalue weighted by molar-refractivity contribution is 6.74. The van der Waals surface area contributed by atoms with Gasteiger partial charge in [-0.15, -0.1) is 0 Å². The van der Waals surface area contributed by atoms with Gasteiger partial charge >= 0.3 is 5.97 Å². The number of allylic oxidation sites excluding steroid dienone is 1. The van der Waals surface area contributed by atoms with Crippen molar-refractivity contribution in [3.8, 4) is 0 Å². The van der Waals surface area contributed by atoms with Crippen LogP contribution in [0.2, 0.25) is 18.1 Å². The maximum Gasteiger partial charge on any atom is 0.306 e. The topological polar surface area (TPSA) is 35.5 Å². The van der Waals surface area contributed by atoms with Gasteiger partial charge < -0.3 is 9.16 Å². The van der Waals surface area contributed by atoms with Crippen molar-refractivity contribution in [1.29, 1.82) is 0 Å². The molecule has 0 amide bonds. The molecule has 0 spiro atoms. The lowest BCUT2D eigenvalue weighted by Crippen LogP contribution is -2.42. The second-order valence-electron chi connectivity index (χ2n) is 7.99. The zero-order valence-electron chi connectivity index (χ0n) is 16.8. The average molecular weight is 363 g/mol. The Kier molecular flexibility index (Phi) is 8.09. The summed E-state index contributed by atoms with van der Waals surface area (Å²) in [5.41, 5.74) is 1.12. The van der Waals surface area contributed by atoms with E-state index in [9.17, 15) is 4.79 Å². The van der Waals surface area contributed by atoms with Crippen molar-refractivity contribution in [2.45, 2.75) is 71.2 Å². The Morgan fingerprint density at radius 2 is 1.76 bits per heavy atom. The highest BCUT2D eigenvalue weighted by Gasteiger charge is 2.38. The van der Waals surface area contributed by atoms with Crippen LogP contribution in [0.3, 0.4) is 0 Å². The van der Waals surface area contributed by atoms with E-state index in [0.717, 1.165) is 5.56 Å². The Morgan fingerprint density at radius 3 is 2.28 bits per heavy atom. The van der Waals surface area contributed by atoms with E-state index in [1.807, 2.05) is 37.3 Å². The Morgan fingerprint density at radius 1 is 1.16 bits per heavy atom. The van der Waals surface area contributed by atoms with Crippen LogP contribution in [0.4, 0.5) is 0 Å². The Balaban J connectivity index is 2.86. The third-order valence-electron chi connectivity index (χ3n) is 4.82. The minimum Gasteiger partial charge on any atom is -0.466 e. The van der Waals surface area contributed by atoms with Gasteiger partial charge in [0.25, 0.3) is 0 Å². The molecule has 0 aliphatic heterocycles. The minimum atomic E-state index is -1.81. The number of benzene rings is 1. The summed E-state index contributed by atoms with van der Waals surface area (Å²) >= 11 is 0. The molecule has 140 valence electrons. The van der Waals surface area contributed by atoms with E-state index in [1.165, 1.54) is 0 Å². The first kappa shape index (κ1) is 21.6. The minimum absolute atomic E-state index is 0.00529. The normalized spacial score (nSPS) is 15.2. The van der Waals surface area contributed by atoms with Crippen molar-refractivity contribution in [1.82, 2.24) is 0 Å². The van der Waals surface area contributed by atoms with Crippen molar-refractivity contribution in [3.63, 3.8) is 0 Å². The van der Waals surface area contributed by atoms with E-state index in [1.54, 1.807) is 0 Å². The van der Waals surface area contributed by atoms with Gasteiger partial charge in [-0.25, -0.2) is 0 Å². The fraction of sp³-hybridized carbons (Fsp3) is 0.571. The number of carbonyl (C=O) groups is 1. The number of ether oxygens (including phenoxy) is 1. The first-order valence-electron chi connectivity index (χ1n) is 9.13. The van der Waals surface area contributed by atoms with Crippen LogP contribution in [0.25, 0.3) is 0 Å². The summed E-state index contributed by atoms with van der Waals surface area (Å²) in [6.07, 6.45) is 4.54. The van der Waals surface area contributed by atoms with Crippen LogP contribution in [0.15, 0.2) is 42.5 Å². The smallest absolute Gasteiger partial charge is 0.306 e. The molecule has 0 aromatic heterocycles. The van der Waals surface area contributed by atoms with Crippen molar-refractivity contribution >= 4 is 14.3 Å². The second kappa shape index (κ2) is 9.34. The molecule has 0 aliphatic carbocycles. The molecular formula is C21H34O3Si. The summed E-state index contributed by atoms with van der Waals surface area (Å²) in [5, 5.41) is 0.179. The van der Waals surface area contributed by atoms with Crippen LogP contribution in [0.5, 0.6) is 0 Å². The summed E-state index contributed by atoms with van der Waals surface area (Å²) in [7, 11) is -1.81. The van der Waals surface area contributed by atoms with Crippen LogP contribution >= 0.6 is 0 Å². The Hall–Kier alpha value is -1.39. The molecule has 0 saturated heterocycles. The SMILES string of the molecule is CCOC(=O)C[C@@H](/C=C/[C@H](C)O[Si](C)(C)C(C)(C)C)c1ccccc1. The zero-order chi connectivity index (χ0) is 19.1. The molecule has 0 N–H and O–H groups in total. The number of carbonyl (C=O) groups excluding carboxylic acids is 1. The molecule has 0 heterocycles. The third kappa shape index (κ3) is 7.16. The lowest BCUT2D eigenvalue weighted by atomic mass is 9.95. The first-order chi connectivity index (χ1) is 11.6. The average Bonchev–Trinajstić information content (AvgIpc) is 2.51. The molecular weight excluding hydrogens is 328 g/mol. The van der Waals surface area contributed by atoms with Gasteiger partial charge in [-0.2, -0.15) is 0 Å². The number of esters is 1. The van der Waals surface area contributed by atoms with Gasteiger partial charge in [0, 0.05) is 5.92 Å². The molecule has 0 bridgehead atoms. The summed E-state index contributed by atoms with van der Waals surface area (Å²) < 4.78 is 11.5. The molecule has 25 heavy (non-hydrogen) atoms. The van der Waals surface area contributed by atoms with E-state index in [-0.39, 0.29) is 23.0 Å². The van der Waals surface area contributed by atoms with E-state index >= 15 is 0 Å². The van der Waals surface area contributed by atoms with Crippen LogP contribution in [-0.2, 0) is 14.0 Å². The number of hydrogen-bond acceptors (Lipinski definition) is 3. The molecule has 0 unspecified atom stereocenters. The summed E-state index contributed by atoms with van der Waals surface area (Å²) in [5.74, 6) is -0.162. The van der Waals surface area contributed by atoms with E-state index in [4.69, 9.17) is 9.16 Å². The van der Waals surface area contributed by atoms with Crippen molar-refractivity contribution in [2.75, 3.05) is 6.61 Å². The highest BCUT2D eigenvalue weighted by Crippen LogP contribution is 2.37. The van der Waals surface area contributed by atoms with E-state index in [2.05, 4.69) is 52.9 Å². The quantitative estimate of drug-likeness (QED) is 0.338. The molecule has 0 radical (unpaired) electrons. The third-order valence-corrected chi connectivity index (χ3v) is 9.39. The predicted octanol–water partition coefficient (Wildman–Crippen LogP) is 5.69. The Bertz CT molecular complexity index is 558. The summed E-state index contributed by atoms with van der Waals surface area (Å²) in [4.78, 5) is 12.0. The van der Waals surface area contributed by atoms with Crippen LogP contribution in [-0.4, -0.2) is 27.0 Å². The van der Waals surface area contributed by atoms with Crippen molar-refractivity contribution in [3.05, 3.63) is 48.0 Å². The van der Waals surface area contributed by atoms with Gasteiger partial charge in [0.2, 0.25) is 0 Å². The standard InChI is InChI=1S/C21H34O3Si/c1-8-23-20(22)16-19(18-12-10-9-11-13-18)15-14-17(2)24-25(6,7)21(3,4)5/h9-15,17,19H,8,16H2,1-7H3/b15-14+/t17-,19+/m0/s1. The molecule has 3 nitrogen and oxygen atoms in total. The van der Waals surface area contributed by atoms with Gasteiger partial charge in [-0.05, 0) is 37.5 Å². The lowest BCUT2D eigenvalue weighted by Gasteiger charge is -2.37. The predicted molar refractivity (Wildman–Crippen MR) is 107 cm³/mol. The fourth-order valence-corrected chi connectivity index (χ4v) is 3.73. The molecule has 1 rings (SSSR count). The summed E-state index contributed by atoms with van der Waals surface area (Å²) in [6, 6.07) is 10.1. The van der Waals surface area contributed by atoms with Crippen LogP contribution in [0, 0.1) is 0 Å². The van der Waals surface area contributed by atoms with Gasteiger partial charge in [0.15, 0.2) is 8.32 Å². The van der Waals surface area contributed by atoms with Crippen LogP contribution in [0.1, 0.15) is 52.5 Å². The largest absolute Gasteiger partial charge is 0.466 e. The molecule has 1 aromatic carbocycles. The maximum absolute atomic E-state index is 12.0. The van der Waals surface area contributed by atoms with Gasteiger partial charge in [-0.3, -0.25) is 4.79 Å². The van der Waals surface area contributed by atoms with Gasteiger partial charge in [0.05, 0.1) is 19.1 Å². The fourth-order valence-electron chi connectivity index (χ4n) is 2.37. The molecule has 1 aromatic rings. The zero-order valence-corrected chi connectivity index (χ0v) is 17.8. The number of rotatable bonds is 8. The molecule has 0 saturated carbocycles. The van der Waals surface area contributed by atoms with Crippen molar-refractivity contribution in [2.24, 2.45) is 0 Å². The highest BCUT2D eigenvalue weighted by atomic mass is 28.4. The van der Waals surface area contributed by atoms with Gasteiger partial charge in [0.1, 0.15) is 0 Å². The van der Waals surface area contributed by atoms with E-state index in [0.29, 0.717) is 13.0 Å². The van der Waals surface area contributed by atoms with E-state index < -0.39 is 8.32 Å². The molecule has 0 aliphatic rings.